The molecule has 1 aromatic rings. The van der Waals surface area contributed by atoms with Crippen LogP contribution in [-0.4, -0.2) is 26.2 Å². The van der Waals surface area contributed by atoms with Crippen molar-refractivity contribution in [3.63, 3.8) is 0 Å². The molecule has 0 spiro atoms. The van der Waals surface area contributed by atoms with Crippen molar-refractivity contribution >= 4 is 0 Å². The topological polar surface area (TPSA) is 33.3 Å². The van der Waals surface area contributed by atoms with Gasteiger partial charge in [-0.2, -0.15) is 0 Å². The Morgan fingerprint density at radius 1 is 1.22 bits per heavy atom. The zero-order valence-corrected chi connectivity index (χ0v) is 12.5. The first kappa shape index (κ1) is 15.0. The summed E-state index contributed by atoms with van der Waals surface area (Å²) in [5.74, 6) is 0.996. The van der Waals surface area contributed by atoms with Crippen molar-refractivity contribution in [2.75, 3.05) is 20.7 Å². The molecule has 0 radical (unpaired) electrons. The third kappa shape index (κ3) is 4.00. The monoisotopic (exact) mass is 250 g/mol. The van der Waals surface area contributed by atoms with Crippen LogP contribution in [0.1, 0.15) is 30.5 Å². The molecule has 0 saturated carbocycles. The lowest BCUT2D eigenvalue weighted by Crippen LogP contribution is -2.45. The van der Waals surface area contributed by atoms with E-state index < -0.39 is 0 Å². The highest BCUT2D eigenvalue weighted by Crippen LogP contribution is 2.24. The number of ether oxygens (including phenoxy) is 1. The number of rotatable bonds is 6. The molecule has 0 amide bonds. The van der Waals surface area contributed by atoms with Crippen LogP contribution in [-0.2, 0) is 6.54 Å². The van der Waals surface area contributed by atoms with Crippen molar-refractivity contribution in [2.45, 2.75) is 39.8 Å². The third-order valence-corrected chi connectivity index (χ3v) is 3.26. The first-order valence-electron chi connectivity index (χ1n) is 6.43. The highest BCUT2D eigenvalue weighted by molar-refractivity contribution is 5.43. The number of nitrogens with one attached hydrogen (secondary N) is 2. The zero-order chi connectivity index (χ0) is 13.8. The van der Waals surface area contributed by atoms with E-state index in [2.05, 4.69) is 50.5 Å². The molecule has 0 saturated heterocycles. The molecule has 3 heteroatoms. The first-order chi connectivity index (χ1) is 8.39. The third-order valence-electron chi connectivity index (χ3n) is 3.26. The Kier molecular flexibility index (Phi) is 5.17. The molecule has 102 valence electrons. The van der Waals surface area contributed by atoms with Gasteiger partial charge >= 0.3 is 0 Å². The van der Waals surface area contributed by atoms with Gasteiger partial charge in [0, 0.05) is 24.2 Å². The second-order valence-electron chi connectivity index (χ2n) is 5.51. The predicted octanol–water partition coefficient (Wildman–Crippen LogP) is 2.40. The van der Waals surface area contributed by atoms with Crippen molar-refractivity contribution in [1.29, 1.82) is 0 Å². The van der Waals surface area contributed by atoms with E-state index in [0.717, 1.165) is 18.8 Å². The molecule has 0 aliphatic heterocycles. The van der Waals surface area contributed by atoms with Gasteiger partial charge in [-0.05, 0) is 40.3 Å². The SMILES string of the molecule is CNC(C)(C)CNCc1cc(C)cc(C)c1OC. The van der Waals surface area contributed by atoms with Gasteiger partial charge in [0.05, 0.1) is 7.11 Å². The molecule has 18 heavy (non-hydrogen) atoms. The van der Waals surface area contributed by atoms with Crippen LogP contribution >= 0.6 is 0 Å². The molecule has 1 rings (SSSR count). The minimum Gasteiger partial charge on any atom is -0.496 e. The minimum absolute atomic E-state index is 0.103. The van der Waals surface area contributed by atoms with Gasteiger partial charge < -0.3 is 15.4 Å². The molecule has 0 heterocycles. The average molecular weight is 250 g/mol. The highest BCUT2D eigenvalue weighted by Gasteiger charge is 2.14. The van der Waals surface area contributed by atoms with Crippen LogP contribution in [0, 0.1) is 13.8 Å². The van der Waals surface area contributed by atoms with Crippen molar-refractivity contribution in [1.82, 2.24) is 10.6 Å². The summed E-state index contributed by atoms with van der Waals surface area (Å²) in [7, 11) is 3.72. The maximum Gasteiger partial charge on any atom is 0.126 e. The van der Waals surface area contributed by atoms with Crippen LogP contribution in [0.2, 0.25) is 0 Å². The van der Waals surface area contributed by atoms with Crippen molar-refractivity contribution in [2.24, 2.45) is 0 Å². The zero-order valence-electron chi connectivity index (χ0n) is 12.5. The van der Waals surface area contributed by atoms with Crippen LogP contribution < -0.4 is 15.4 Å². The molecule has 0 aliphatic rings. The fraction of sp³-hybridized carbons (Fsp3) is 0.600. The van der Waals surface area contributed by atoms with Gasteiger partial charge in [-0.3, -0.25) is 0 Å². The smallest absolute Gasteiger partial charge is 0.126 e. The van der Waals surface area contributed by atoms with E-state index >= 15 is 0 Å². The number of hydrogen-bond acceptors (Lipinski definition) is 3. The van der Waals surface area contributed by atoms with Crippen LogP contribution in [0.15, 0.2) is 12.1 Å². The second-order valence-corrected chi connectivity index (χ2v) is 5.51. The summed E-state index contributed by atoms with van der Waals surface area (Å²) in [6.45, 7) is 10.3. The summed E-state index contributed by atoms with van der Waals surface area (Å²) in [4.78, 5) is 0. The molecule has 0 fully saturated rings. The van der Waals surface area contributed by atoms with E-state index in [9.17, 15) is 0 Å². The van der Waals surface area contributed by atoms with Crippen molar-refractivity contribution < 1.29 is 4.74 Å². The first-order valence-corrected chi connectivity index (χ1v) is 6.43. The van der Waals surface area contributed by atoms with E-state index in [1.807, 2.05) is 7.05 Å². The van der Waals surface area contributed by atoms with Crippen LogP contribution in [0.5, 0.6) is 5.75 Å². The highest BCUT2D eigenvalue weighted by atomic mass is 16.5. The van der Waals surface area contributed by atoms with Gasteiger partial charge in [-0.15, -0.1) is 0 Å². The lowest BCUT2D eigenvalue weighted by molar-refractivity contribution is 0.383. The molecule has 2 N–H and O–H groups in total. The Morgan fingerprint density at radius 3 is 2.44 bits per heavy atom. The summed E-state index contributed by atoms with van der Waals surface area (Å²) in [5.41, 5.74) is 3.80. The van der Waals surface area contributed by atoms with Crippen LogP contribution in [0.3, 0.4) is 0 Å². The number of aryl methyl sites for hydroxylation is 2. The van der Waals surface area contributed by atoms with Gasteiger partial charge in [0.25, 0.3) is 0 Å². The Bertz CT molecular complexity index is 400. The molecular formula is C15H26N2O. The van der Waals surface area contributed by atoms with E-state index in [1.54, 1.807) is 7.11 Å². The average Bonchev–Trinajstić information content (AvgIpc) is 2.28. The number of methoxy groups -OCH3 is 1. The van der Waals surface area contributed by atoms with E-state index in [4.69, 9.17) is 4.74 Å². The Labute approximate surface area is 111 Å². The molecule has 0 atom stereocenters. The Hall–Kier alpha value is -1.06. The fourth-order valence-electron chi connectivity index (χ4n) is 2.06. The summed E-state index contributed by atoms with van der Waals surface area (Å²) in [6, 6.07) is 4.34. The van der Waals surface area contributed by atoms with Gasteiger partial charge in [0.2, 0.25) is 0 Å². The van der Waals surface area contributed by atoms with Gasteiger partial charge in [0.15, 0.2) is 0 Å². The summed E-state index contributed by atoms with van der Waals surface area (Å²) in [6.07, 6.45) is 0. The molecule has 0 unspecified atom stereocenters. The lowest BCUT2D eigenvalue weighted by atomic mass is 10.0. The van der Waals surface area contributed by atoms with Crippen molar-refractivity contribution in [3.8, 4) is 5.75 Å². The summed E-state index contributed by atoms with van der Waals surface area (Å²) in [5, 5.41) is 6.76. The number of hydrogen-bond donors (Lipinski definition) is 2. The normalized spacial score (nSPS) is 11.7. The number of benzene rings is 1. The quantitative estimate of drug-likeness (QED) is 0.813. The molecule has 0 bridgehead atoms. The summed E-state index contributed by atoms with van der Waals surface area (Å²) >= 11 is 0. The van der Waals surface area contributed by atoms with Gasteiger partial charge in [0.1, 0.15) is 5.75 Å². The van der Waals surface area contributed by atoms with E-state index in [1.165, 1.54) is 16.7 Å². The molecule has 3 nitrogen and oxygen atoms in total. The second kappa shape index (κ2) is 6.21. The van der Waals surface area contributed by atoms with Gasteiger partial charge in [-0.25, -0.2) is 0 Å². The van der Waals surface area contributed by atoms with Gasteiger partial charge in [-0.1, -0.05) is 17.7 Å². The lowest BCUT2D eigenvalue weighted by Gasteiger charge is -2.24. The molecule has 0 aliphatic carbocycles. The molecule has 0 aromatic heterocycles. The predicted molar refractivity (Wildman–Crippen MR) is 77.3 cm³/mol. The van der Waals surface area contributed by atoms with E-state index in [0.29, 0.717) is 0 Å². The standard InChI is InChI=1S/C15H26N2O/c1-11-7-12(2)14(18-6)13(8-11)9-17-10-15(3,4)16-5/h7-8,16-17H,9-10H2,1-6H3. The molecular weight excluding hydrogens is 224 g/mol. The van der Waals surface area contributed by atoms with Crippen LogP contribution in [0.4, 0.5) is 0 Å². The van der Waals surface area contributed by atoms with Crippen molar-refractivity contribution in [3.05, 3.63) is 28.8 Å². The minimum atomic E-state index is 0.103. The largest absolute Gasteiger partial charge is 0.496 e. The number of likely N-dealkylation sites (N-methyl/N-ethyl adjacent to an activating group) is 1. The molecule has 1 aromatic carbocycles. The Balaban J connectivity index is 2.73. The van der Waals surface area contributed by atoms with E-state index in [-0.39, 0.29) is 5.54 Å². The Morgan fingerprint density at radius 2 is 1.89 bits per heavy atom. The maximum atomic E-state index is 5.48. The fourth-order valence-corrected chi connectivity index (χ4v) is 2.06. The van der Waals surface area contributed by atoms with Crippen LogP contribution in [0.25, 0.3) is 0 Å². The maximum absolute atomic E-state index is 5.48. The summed E-state index contributed by atoms with van der Waals surface area (Å²) < 4.78 is 5.48.